The maximum Gasteiger partial charge on any atom is 0.269 e. The zero-order chi connectivity index (χ0) is 20.2. The van der Waals surface area contributed by atoms with Crippen molar-refractivity contribution in [3.05, 3.63) is 34.4 Å². The monoisotopic (exact) mass is 461 g/mol. The number of carbonyl (C=O) groups is 1. The molecule has 156 valence electrons. The van der Waals surface area contributed by atoms with Gasteiger partial charge in [-0.2, -0.15) is 0 Å². The van der Waals surface area contributed by atoms with Gasteiger partial charge in [0.15, 0.2) is 0 Å². The van der Waals surface area contributed by atoms with Crippen molar-refractivity contribution in [1.82, 2.24) is 4.90 Å². The topological polar surface area (TPSA) is 66.7 Å². The number of hydrogen-bond donors (Lipinski definition) is 0. The molecule has 6 nitrogen and oxygen atoms in total. The molecule has 29 heavy (non-hydrogen) atoms. The molecule has 1 aromatic carbocycles. The number of nitro benzene ring substituents is 1. The van der Waals surface area contributed by atoms with Gasteiger partial charge in [0.05, 0.1) is 4.92 Å². The smallest absolute Gasteiger partial charge is 0.269 e. The minimum Gasteiger partial charge on any atom is -0.368 e. The fraction of sp³-hybridized carbons (Fsp3) is 0.682. The Hall–Kier alpha value is -1.63. The number of non-ortho nitro benzene ring substituents is 1. The zero-order valence-electron chi connectivity index (χ0n) is 16.7. The normalized spacial score (nSPS) is 35.8. The van der Waals surface area contributed by atoms with E-state index in [2.05, 4.69) is 20.8 Å². The predicted molar refractivity (Wildman–Crippen MR) is 115 cm³/mol. The summed E-state index contributed by atoms with van der Waals surface area (Å²) in [7, 11) is 0. The van der Waals surface area contributed by atoms with Crippen molar-refractivity contribution in [2.75, 3.05) is 31.1 Å². The average molecular weight is 462 g/mol. The number of rotatable bonds is 4. The molecule has 1 saturated heterocycles. The van der Waals surface area contributed by atoms with E-state index < -0.39 is 0 Å². The van der Waals surface area contributed by atoms with Crippen LogP contribution in [0.2, 0.25) is 0 Å². The third-order valence-electron chi connectivity index (χ3n) is 7.70. The molecule has 6 rings (SSSR count). The number of nitro groups is 1. The molecule has 1 aromatic rings. The third-order valence-corrected chi connectivity index (χ3v) is 8.62. The number of carbonyl (C=O) groups excluding carboxylic acids is 1. The average Bonchev–Trinajstić information content (AvgIpc) is 2.66. The summed E-state index contributed by atoms with van der Waals surface area (Å²) in [4.78, 5) is 27.9. The quantitative estimate of drug-likeness (QED) is 0.379. The van der Waals surface area contributed by atoms with Gasteiger partial charge in [0, 0.05) is 54.7 Å². The van der Waals surface area contributed by atoms with Gasteiger partial charge < -0.3 is 9.80 Å². The highest BCUT2D eigenvalue weighted by molar-refractivity contribution is 9.10. The van der Waals surface area contributed by atoms with Crippen molar-refractivity contribution in [2.24, 2.45) is 17.3 Å². The lowest BCUT2D eigenvalue weighted by Gasteiger charge is -2.60. The molecular formula is C22H28BrN3O3. The zero-order valence-corrected chi connectivity index (χ0v) is 18.3. The van der Waals surface area contributed by atoms with Gasteiger partial charge in [0.2, 0.25) is 5.91 Å². The molecule has 4 saturated carbocycles. The first-order valence-electron chi connectivity index (χ1n) is 10.8. The van der Waals surface area contributed by atoms with Crippen LogP contribution in [0, 0.1) is 27.4 Å². The summed E-state index contributed by atoms with van der Waals surface area (Å²) in [5.41, 5.74) is 1.33. The fourth-order valence-electron chi connectivity index (χ4n) is 6.97. The molecule has 5 aliphatic rings. The maximum absolute atomic E-state index is 13.2. The first-order valence-corrected chi connectivity index (χ1v) is 11.6. The molecule has 0 radical (unpaired) electrons. The second kappa shape index (κ2) is 6.96. The molecule has 0 aromatic heterocycles. The predicted octanol–water partition coefficient (Wildman–Crippen LogP) is 4.37. The third kappa shape index (κ3) is 3.66. The number of amides is 1. The number of alkyl halides is 1. The molecular weight excluding hydrogens is 434 g/mol. The Morgan fingerprint density at radius 3 is 2.24 bits per heavy atom. The number of anilines is 1. The van der Waals surface area contributed by atoms with Crippen molar-refractivity contribution in [2.45, 2.75) is 49.3 Å². The number of nitrogens with zero attached hydrogens (tertiary/aromatic N) is 3. The van der Waals surface area contributed by atoms with Crippen LogP contribution in [0.25, 0.3) is 0 Å². The number of halogens is 1. The van der Waals surface area contributed by atoms with Crippen molar-refractivity contribution in [3.63, 3.8) is 0 Å². The molecule has 5 fully saturated rings. The first kappa shape index (κ1) is 19.3. The highest BCUT2D eigenvalue weighted by Gasteiger charge is 2.57. The molecule has 1 amide bonds. The van der Waals surface area contributed by atoms with Gasteiger partial charge in [-0.25, -0.2) is 0 Å². The van der Waals surface area contributed by atoms with Gasteiger partial charge in [-0.05, 0) is 67.9 Å². The molecule has 4 atom stereocenters. The van der Waals surface area contributed by atoms with Crippen molar-refractivity contribution >= 4 is 33.2 Å². The van der Waals surface area contributed by atoms with E-state index in [1.54, 1.807) is 24.3 Å². The standard InChI is InChI=1S/C22H28BrN3O3/c23-22-12-16-9-17(13-22)11-21(10-16,15-22)14-20(27)25-7-5-24(6-8-25)18-1-3-19(4-2-18)26(28)29/h1-4,16-17H,5-15H2/t16-,17+,21?,22?. The van der Waals surface area contributed by atoms with Crippen LogP contribution in [-0.2, 0) is 4.79 Å². The Morgan fingerprint density at radius 2 is 1.69 bits per heavy atom. The van der Waals surface area contributed by atoms with Gasteiger partial charge in [0.25, 0.3) is 5.69 Å². The lowest BCUT2D eigenvalue weighted by molar-refractivity contribution is -0.384. The van der Waals surface area contributed by atoms with Crippen LogP contribution >= 0.6 is 15.9 Å². The summed E-state index contributed by atoms with van der Waals surface area (Å²) in [6.45, 7) is 3.03. The number of hydrogen-bond acceptors (Lipinski definition) is 4. The lowest BCUT2D eigenvalue weighted by Crippen LogP contribution is -2.55. The molecule has 0 spiro atoms. The minimum atomic E-state index is -0.373. The second-order valence-corrected chi connectivity index (χ2v) is 11.6. The van der Waals surface area contributed by atoms with Crippen LogP contribution in [0.5, 0.6) is 0 Å². The minimum absolute atomic E-state index is 0.114. The molecule has 7 heteroatoms. The van der Waals surface area contributed by atoms with Crippen molar-refractivity contribution < 1.29 is 9.72 Å². The summed E-state index contributed by atoms with van der Waals surface area (Å²) in [5, 5.41) is 10.8. The summed E-state index contributed by atoms with van der Waals surface area (Å²) < 4.78 is 0.298. The van der Waals surface area contributed by atoms with E-state index in [9.17, 15) is 14.9 Å². The highest BCUT2D eigenvalue weighted by atomic mass is 79.9. The van der Waals surface area contributed by atoms with Crippen LogP contribution in [0.4, 0.5) is 11.4 Å². The fourth-order valence-corrected chi connectivity index (χ4v) is 8.49. The van der Waals surface area contributed by atoms with E-state index in [-0.39, 0.29) is 16.0 Å². The Bertz CT molecular complexity index is 805. The molecule has 4 aliphatic carbocycles. The molecule has 2 unspecified atom stereocenters. The highest BCUT2D eigenvalue weighted by Crippen LogP contribution is 2.65. The Balaban J connectivity index is 1.19. The van der Waals surface area contributed by atoms with E-state index >= 15 is 0 Å². The number of benzene rings is 1. The van der Waals surface area contributed by atoms with E-state index in [1.165, 1.54) is 38.5 Å². The van der Waals surface area contributed by atoms with Gasteiger partial charge in [0.1, 0.15) is 0 Å². The van der Waals surface area contributed by atoms with Crippen LogP contribution in [0.1, 0.15) is 44.9 Å². The van der Waals surface area contributed by atoms with Gasteiger partial charge >= 0.3 is 0 Å². The van der Waals surface area contributed by atoms with Gasteiger partial charge in [-0.15, -0.1) is 0 Å². The molecule has 4 bridgehead atoms. The van der Waals surface area contributed by atoms with Crippen LogP contribution in [-0.4, -0.2) is 46.2 Å². The van der Waals surface area contributed by atoms with E-state index in [4.69, 9.17) is 0 Å². The number of piperazine rings is 1. The largest absolute Gasteiger partial charge is 0.368 e. The lowest BCUT2D eigenvalue weighted by atomic mass is 9.48. The summed E-state index contributed by atoms with van der Waals surface area (Å²) in [5.74, 6) is 1.94. The Kier molecular flexibility index (Phi) is 4.64. The van der Waals surface area contributed by atoms with E-state index in [0.29, 0.717) is 16.7 Å². The SMILES string of the molecule is O=C(CC12C[C@@H]3C[C@@H](CC(Br)(C3)C1)C2)N1CCN(c2ccc([N+](=O)[O-])cc2)CC1. The van der Waals surface area contributed by atoms with Crippen LogP contribution in [0.3, 0.4) is 0 Å². The van der Waals surface area contributed by atoms with Crippen LogP contribution < -0.4 is 4.90 Å². The summed E-state index contributed by atoms with van der Waals surface area (Å²) in [6, 6.07) is 6.72. The first-order chi connectivity index (χ1) is 13.8. The second-order valence-electron chi connectivity index (χ2n) is 9.93. The molecule has 0 N–H and O–H groups in total. The Labute approximate surface area is 179 Å². The van der Waals surface area contributed by atoms with E-state index in [0.717, 1.165) is 43.7 Å². The van der Waals surface area contributed by atoms with Crippen molar-refractivity contribution in [3.8, 4) is 0 Å². The van der Waals surface area contributed by atoms with Crippen molar-refractivity contribution in [1.29, 1.82) is 0 Å². The molecule has 1 aliphatic heterocycles. The van der Waals surface area contributed by atoms with Crippen LogP contribution in [0.15, 0.2) is 24.3 Å². The van der Waals surface area contributed by atoms with E-state index in [1.807, 2.05) is 4.90 Å². The maximum atomic E-state index is 13.2. The van der Waals surface area contributed by atoms with Gasteiger partial charge in [-0.1, -0.05) is 15.9 Å². The van der Waals surface area contributed by atoms with Gasteiger partial charge in [-0.3, -0.25) is 14.9 Å². The molecule has 1 heterocycles. The Morgan fingerprint density at radius 1 is 1.07 bits per heavy atom. The summed E-state index contributed by atoms with van der Waals surface area (Å²) >= 11 is 4.05. The summed E-state index contributed by atoms with van der Waals surface area (Å²) in [6.07, 6.45) is 8.33.